The van der Waals surface area contributed by atoms with Gasteiger partial charge >= 0.3 is 0 Å². The highest BCUT2D eigenvalue weighted by molar-refractivity contribution is 5.92. The van der Waals surface area contributed by atoms with Gasteiger partial charge in [-0.2, -0.15) is 0 Å². The van der Waals surface area contributed by atoms with Crippen molar-refractivity contribution in [3.05, 3.63) is 53.5 Å². The number of rotatable bonds is 8. The molecule has 1 aromatic heterocycles. The standard InChI is InChI=1S/C25H36N6O2/c1-30(2)21-9-7-20(8-10-21)29-24-13-23(27-17-28-24)25(33)26-14-22(32)16-31-12-11-18-5-3-4-6-19(18)15-31/h3-6,13,17,20-22,32H,7-12,14-16H2,1-2H3,(H,26,33)(H,27,28,29)/t20-,21-,22-/m0/s1. The van der Waals surface area contributed by atoms with E-state index in [4.69, 9.17) is 0 Å². The van der Waals surface area contributed by atoms with E-state index in [1.165, 1.54) is 17.5 Å². The first-order chi connectivity index (χ1) is 16.0. The Bertz CT molecular complexity index is 929. The molecule has 33 heavy (non-hydrogen) atoms. The van der Waals surface area contributed by atoms with Crippen molar-refractivity contribution in [3.8, 4) is 0 Å². The first kappa shape index (κ1) is 23.6. The Morgan fingerprint density at radius 1 is 1.18 bits per heavy atom. The second-order valence-corrected chi connectivity index (χ2v) is 9.52. The Kier molecular flexibility index (Phi) is 7.90. The van der Waals surface area contributed by atoms with Crippen LogP contribution in [0.1, 0.15) is 47.3 Å². The zero-order valence-electron chi connectivity index (χ0n) is 19.7. The largest absolute Gasteiger partial charge is 0.390 e. The zero-order valence-corrected chi connectivity index (χ0v) is 19.7. The van der Waals surface area contributed by atoms with Crippen LogP contribution in [0.5, 0.6) is 0 Å². The Labute approximate surface area is 196 Å². The monoisotopic (exact) mass is 452 g/mol. The van der Waals surface area contributed by atoms with Crippen molar-refractivity contribution >= 4 is 11.7 Å². The van der Waals surface area contributed by atoms with Gasteiger partial charge in [-0.05, 0) is 57.3 Å². The highest BCUT2D eigenvalue weighted by Crippen LogP contribution is 2.24. The number of aliphatic hydroxyl groups is 1. The molecular weight excluding hydrogens is 416 g/mol. The number of nitrogens with zero attached hydrogens (tertiary/aromatic N) is 4. The number of hydrogen-bond acceptors (Lipinski definition) is 7. The van der Waals surface area contributed by atoms with Gasteiger partial charge in [-0.25, -0.2) is 9.97 Å². The summed E-state index contributed by atoms with van der Waals surface area (Å²) in [4.78, 5) is 25.6. The second-order valence-electron chi connectivity index (χ2n) is 9.52. The highest BCUT2D eigenvalue weighted by atomic mass is 16.3. The van der Waals surface area contributed by atoms with Crippen LogP contribution in [0.4, 0.5) is 5.82 Å². The number of amides is 1. The van der Waals surface area contributed by atoms with Gasteiger partial charge in [0, 0.05) is 44.3 Å². The molecule has 1 aromatic carbocycles. The zero-order chi connectivity index (χ0) is 23.2. The van der Waals surface area contributed by atoms with Gasteiger partial charge in [0.1, 0.15) is 17.8 Å². The summed E-state index contributed by atoms with van der Waals surface area (Å²) in [6, 6.07) is 11.1. The maximum absolute atomic E-state index is 12.6. The maximum Gasteiger partial charge on any atom is 0.270 e. The summed E-state index contributed by atoms with van der Waals surface area (Å²) in [7, 11) is 4.27. The molecule has 1 atom stereocenters. The molecule has 0 bridgehead atoms. The van der Waals surface area contributed by atoms with Crippen molar-refractivity contribution in [1.29, 1.82) is 0 Å². The van der Waals surface area contributed by atoms with Crippen molar-refractivity contribution in [3.63, 3.8) is 0 Å². The normalized spacial score (nSPS) is 21.9. The number of benzene rings is 1. The lowest BCUT2D eigenvalue weighted by atomic mass is 9.90. The predicted octanol–water partition coefficient (Wildman–Crippen LogP) is 1.91. The van der Waals surface area contributed by atoms with Crippen LogP contribution in [-0.4, -0.2) is 82.7 Å². The van der Waals surface area contributed by atoms with E-state index >= 15 is 0 Å². The van der Waals surface area contributed by atoms with Gasteiger partial charge in [0.15, 0.2) is 0 Å². The maximum atomic E-state index is 12.6. The fraction of sp³-hybridized carbons (Fsp3) is 0.560. The molecule has 2 aromatic rings. The Morgan fingerprint density at radius 2 is 1.94 bits per heavy atom. The number of carbonyl (C=O) groups is 1. The fourth-order valence-corrected chi connectivity index (χ4v) is 4.88. The van der Waals surface area contributed by atoms with Crippen LogP contribution >= 0.6 is 0 Å². The summed E-state index contributed by atoms with van der Waals surface area (Å²) in [6.45, 7) is 2.47. The lowest BCUT2D eigenvalue weighted by Crippen LogP contribution is -2.42. The molecular formula is C25H36N6O2. The van der Waals surface area contributed by atoms with Crippen LogP contribution in [0.2, 0.25) is 0 Å². The minimum atomic E-state index is -0.634. The van der Waals surface area contributed by atoms with Crippen molar-refractivity contribution in [2.24, 2.45) is 0 Å². The van der Waals surface area contributed by atoms with Crippen LogP contribution in [0, 0.1) is 0 Å². The average molecular weight is 453 g/mol. The van der Waals surface area contributed by atoms with Crippen LogP contribution in [0.15, 0.2) is 36.7 Å². The third-order valence-corrected chi connectivity index (χ3v) is 6.86. The minimum Gasteiger partial charge on any atom is -0.390 e. The lowest BCUT2D eigenvalue weighted by molar-refractivity contribution is 0.0838. The minimum absolute atomic E-state index is 0.193. The average Bonchev–Trinajstić information content (AvgIpc) is 2.83. The summed E-state index contributed by atoms with van der Waals surface area (Å²) in [5, 5.41) is 16.7. The van der Waals surface area contributed by atoms with Gasteiger partial charge in [-0.1, -0.05) is 24.3 Å². The number of fused-ring (bicyclic) bond motifs is 1. The Hall–Kier alpha value is -2.55. The molecule has 8 heteroatoms. The first-order valence-electron chi connectivity index (χ1n) is 12.0. The lowest BCUT2D eigenvalue weighted by Gasteiger charge is -2.33. The summed E-state index contributed by atoms with van der Waals surface area (Å²) in [5.74, 6) is 0.385. The van der Waals surface area contributed by atoms with E-state index in [1.807, 2.05) is 0 Å². The van der Waals surface area contributed by atoms with Gasteiger partial charge in [0.25, 0.3) is 5.91 Å². The van der Waals surface area contributed by atoms with E-state index in [0.29, 0.717) is 30.1 Å². The second kappa shape index (κ2) is 11.0. The number of aromatic nitrogens is 2. The molecule has 3 N–H and O–H groups in total. The molecule has 1 aliphatic heterocycles. The van der Waals surface area contributed by atoms with Crippen LogP contribution in [0.3, 0.4) is 0 Å². The molecule has 0 saturated heterocycles. The summed E-state index contributed by atoms with van der Waals surface area (Å²) >= 11 is 0. The van der Waals surface area contributed by atoms with Gasteiger partial charge in [-0.15, -0.1) is 0 Å². The van der Waals surface area contributed by atoms with Crippen molar-refractivity contribution in [2.75, 3.05) is 39.0 Å². The summed E-state index contributed by atoms with van der Waals surface area (Å²) in [6.07, 6.45) is 6.26. The van der Waals surface area contributed by atoms with Gasteiger partial charge in [-0.3, -0.25) is 9.69 Å². The van der Waals surface area contributed by atoms with E-state index < -0.39 is 6.10 Å². The molecule has 4 rings (SSSR count). The smallest absolute Gasteiger partial charge is 0.270 e. The highest BCUT2D eigenvalue weighted by Gasteiger charge is 2.23. The molecule has 1 amide bonds. The molecule has 1 fully saturated rings. The SMILES string of the molecule is CN(C)[C@H]1CC[C@H](Nc2cc(C(=O)NC[C@H](O)CN3CCc4ccccc4C3)ncn2)CC1. The number of β-amino-alcohol motifs (C(OH)–C–C–N with tert-alkyl or cyclic N) is 1. The fourth-order valence-electron chi connectivity index (χ4n) is 4.88. The topological polar surface area (TPSA) is 93.6 Å². The van der Waals surface area contributed by atoms with Crippen LogP contribution in [0.25, 0.3) is 0 Å². The molecule has 1 saturated carbocycles. The molecule has 2 aliphatic rings. The number of carbonyl (C=O) groups excluding carboxylic acids is 1. The molecule has 178 valence electrons. The summed E-state index contributed by atoms with van der Waals surface area (Å²) in [5.41, 5.74) is 3.01. The molecule has 2 heterocycles. The number of aliphatic hydroxyl groups excluding tert-OH is 1. The molecule has 0 unspecified atom stereocenters. The van der Waals surface area contributed by atoms with E-state index in [0.717, 1.165) is 45.2 Å². The molecule has 1 aliphatic carbocycles. The Balaban J connectivity index is 1.23. The molecule has 0 spiro atoms. The van der Waals surface area contributed by atoms with Crippen molar-refractivity contribution < 1.29 is 9.90 Å². The number of hydrogen-bond donors (Lipinski definition) is 3. The van der Waals surface area contributed by atoms with Crippen molar-refractivity contribution in [1.82, 2.24) is 25.1 Å². The quantitative estimate of drug-likeness (QED) is 0.563. The molecule has 0 radical (unpaired) electrons. The number of nitrogens with one attached hydrogen (secondary N) is 2. The third kappa shape index (κ3) is 6.50. The Morgan fingerprint density at radius 3 is 2.70 bits per heavy atom. The number of anilines is 1. The predicted molar refractivity (Wildman–Crippen MR) is 129 cm³/mol. The van der Waals surface area contributed by atoms with Gasteiger partial charge in [0.05, 0.1) is 6.10 Å². The van der Waals surface area contributed by atoms with E-state index in [-0.39, 0.29) is 12.5 Å². The van der Waals surface area contributed by atoms with Gasteiger partial charge < -0.3 is 20.6 Å². The van der Waals surface area contributed by atoms with Crippen molar-refractivity contribution in [2.45, 2.75) is 56.8 Å². The summed E-state index contributed by atoms with van der Waals surface area (Å²) < 4.78 is 0. The molecule has 8 nitrogen and oxygen atoms in total. The van der Waals surface area contributed by atoms with Gasteiger partial charge in [0.2, 0.25) is 0 Å². The van der Waals surface area contributed by atoms with Crippen LogP contribution < -0.4 is 10.6 Å². The van der Waals surface area contributed by atoms with Crippen LogP contribution in [-0.2, 0) is 13.0 Å². The van der Waals surface area contributed by atoms with E-state index in [1.54, 1.807) is 6.07 Å². The van der Waals surface area contributed by atoms with E-state index in [2.05, 4.69) is 68.8 Å². The third-order valence-electron chi connectivity index (χ3n) is 6.86. The first-order valence-corrected chi connectivity index (χ1v) is 12.0. The van der Waals surface area contributed by atoms with E-state index in [9.17, 15) is 9.90 Å².